The molecule has 0 spiro atoms. The van der Waals surface area contributed by atoms with E-state index in [1.54, 1.807) is 11.9 Å². The fourth-order valence-electron chi connectivity index (χ4n) is 1.37. The highest BCUT2D eigenvalue weighted by Gasteiger charge is 2.13. The second kappa shape index (κ2) is 5.46. The van der Waals surface area contributed by atoms with Gasteiger partial charge in [-0.15, -0.1) is 0 Å². The minimum Gasteiger partial charge on any atom is -0.325 e. The molecule has 2 rings (SSSR count). The van der Waals surface area contributed by atoms with E-state index in [9.17, 15) is 0 Å². The Labute approximate surface area is 105 Å². The van der Waals surface area contributed by atoms with Gasteiger partial charge in [0.2, 0.25) is 5.96 Å². The molecule has 0 saturated heterocycles. The van der Waals surface area contributed by atoms with Crippen molar-refractivity contribution < 1.29 is 0 Å². The highest BCUT2D eigenvalue weighted by molar-refractivity contribution is 7.98. The van der Waals surface area contributed by atoms with Gasteiger partial charge in [-0.25, -0.2) is 0 Å². The molecule has 86 valence electrons. The highest BCUT2D eigenvalue weighted by Crippen LogP contribution is 2.30. The molecule has 1 aromatic carbocycles. The zero-order valence-electron chi connectivity index (χ0n) is 9.09. The predicted octanol–water partition coefficient (Wildman–Crippen LogP) is 3.52. The van der Waals surface area contributed by atoms with Crippen molar-refractivity contribution >= 4 is 35.2 Å². The van der Waals surface area contributed by atoms with Gasteiger partial charge in [-0.2, -0.15) is 0 Å². The van der Waals surface area contributed by atoms with Gasteiger partial charge < -0.3 is 5.32 Å². The lowest BCUT2D eigenvalue weighted by Gasteiger charge is -2.20. The van der Waals surface area contributed by atoms with Crippen molar-refractivity contribution in [2.45, 2.75) is 24.7 Å². The van der Waals surface area contributed by atoms with Crippen LogP contribution in [0.15, 0.2) is 28.1 Å². The largest absolute Gasteiger partial charge is 0.325 e. The third kappa shape index (κ3) is 2.83. The number of rotatable bonds is 3. The summed E-state index contributed by atoms with van der Waals surface area (Å²) in [6.45, 7) is 3.01. The van der Waals surface area contributed by atoms with Crippen LogP contribution in [0.3, 0.4) is 0 Å². The van der Waals surface area contributed by atoms with Crippen molar-refractivity contribution in [2.75, 3.05) is 11.9 Å². The fraction of sp³-hybridized carbons (Fsp3) is 0.364. The number of anilines is 1. The lowest BCUT2D eigenvalue weighted by Crippen LogP contribution is -2.29. The Morgan fingerprint density at radius 1 is 1.44 bits per heavy atom. The molecule has 0 atom stereocenters. The van der Waals surface area contributed by atoms with E-state index in [1.807, 2.05) is 18.2 Å². The molecule has 0 aromatic heterocycles. The van der Waals surface area contributed by atoms with Crippen LogP contribution in [-0.2, 0) is 0 Å². The van der Waals surface area contributed by atoms with E-state index in [2.05, 4.69) is 22.0 Å². The smallest absolute Gasteiger partial charge is 0.206 e. The number of unbranched alkanes of at least 4 members (excludes halogenated alkanes) is 1. The monoisotopic (exact) mass is 255 g/mol. The number of halogens is 1. The molecule has 3 nitrogen and oxygen atoms in total. The van der Waals surface area contributed by atoms with Gasteiger partial charge in [0.25, 0.3) is 0 Å². The first kappa shape index (κ1) is 11.6. The summed E-state index contributed by atoms with van der Waals surface area (Å²) in [6.07, 6.45) is 2.27. The van der Waals surface area contributed by atoms with Gasteiger partial charge >= 0.3 is 0 Å². The molecule has 5 heteroatoms. The SMILES string of the molecule is CCCCN=C1NSc2ccc(Cl)cc2N1. The van der Waals surface area contributed by atoms with Crippen LogP contribution in [-0.4, -0.2) is 12.5 Å². The Bertz CT molecular complexity index is 406. The first-order chi connectivity index (χ1) is 7.79. The number of benzene rings is 1. The standard InChI is InChI=1S/C11H14ClN3S/c1-2-3-6-13-11-14-9-7-8(12)4-5-10(9)16-15-11/h4-5,7H,2-3,6H2,1H3,(H2,13,14,15). The Morgan fingerprint density at radius 2 is 2.31 bits per heavy atom. The van der Waals surface area contributed by atoms with Crippen molar-refractivity contribution in [3.8, 4) is 0 Å². The Kier molecular flexibility index (Phi) is 3.96. The van der Waals surface area contributed by atoms with Crippen LogP contribution >= 0.6 is 23.5 Å². The molecule has 0 radical (unpaired) electrons. The minimum atomic E-state index is 0.738. The molecule has 1 aliphatic heterocycles. The molecule has 2 N–H and O–H groups in total. The van der Waals surface area contributed by atoms with Gasteiger partial charge in [-0.1, -0.05) is 24.9 Å². The van der Waals surface area contributed by atoms with Crippen molar-refractivity contribution in [2.24, 2.45) is 4.99 Å². The molecule has 0 saturated carbocycles. The van der Waals surface area contributed by atoms with Crippen molar-refractivity contribution in [3.63, 3.8) is 0 Å². The number of hydrogen-bond acceptors (Lipinski definition) is 2. The number of aliphatic imine (C=N–C) groups is 1. The van der Waals surface area contributed by atoms with Crippen LogP contribution < -0.4 is 10.0 Å². The number of nitrogens with zero attached hydrogens (tertiary/aromatic N) is 1. The highest BCUT2D eigenvalue weighted by atomic mass is 35.5. The summed E-state index contributed by atoms with van der Waals surface area (Å²) < 4.78 is 3.17. The van der Waals surface area contributed by atoms with Crippen LogP contribution in [0.25, 0.3) is 0 Å². The van der Waals surface area contributed by atoms with Crippen molar-refractivity contribution in [1.29, 1.82) is 0 Å². The third-order valence-corrected chi connectivity index (χ3v) is 3.34. The average Bonchev–Trinajstić information content (AvgIpc) is 2.29. The van der Waals surface area contributed by atoms with Gasteiger partial charge in [-0.3, -0.25) is 9.71 Å². The third-order valence-electron chi connectivity index (χ3n) is 2.23. The topological polar surface area (TPSA) is 36.4 Å². The maximum atomic E-state index is 5.94. The summed E-state index contributed by atoms with van der Waals surface area (Å²) in [5.41, 5.74) is 1.02. The van der Waals surface area contributed by atoms with E-state index in [4.69, 9.17) is 11.6 Å². The Morgan fingerprint density at radius 3 is 3.12 bits per heavy atom. The van der Waals surface area contributed by atoms with E-state index < -0.39 is 0 Å². The summed E-state index contributed by atoms with van der Waals surface area (Å²) in [6, 6.07) is 5.79. The molecule has 0 aliphatic carbocycles. The van der Waals surface area contributed by atoms with Crippen LogP contribution in [0.5, 0.6) is 0 Å². The predicted molar refractivity (Wildman–Crippen MR) is 71.3 cm³/mol. The zero-order valence-corrected chi connectivity index (χ0v) is 10.7. The van der Waals surface area contributed by atoms with E-state index in [1.165, 1.54) is 0 Å². The van der Waals surface area contributed by atoms with Crippen LogP contribution in [0.2, 0.25) is 5.02 Å². The quantitative estimate of drug-likeness (QED) is 0.641. The molecule has 16 heavy (non-hydrogen) atoms. The maximum Gasteiger partial charge on any atom is 0.206 e. The molecule has 0 unspecified atom stereocenters. The Balaban J connectivity index is 2.07. The summed E-state index contributed by atoms with van der Waals surface area (Å²) in [4.78, 5) is 5.57. The van der Waals surface area contributed by atoms with E-state index >= 15 is 0 Å². The zero-order chi connectivity index (χ0) is 11.4. The second-order valence-electron chi connectivity index (χ2n) is 3.55. The van der Waals surface area contributed by atoms with Gasteiger partial charge in [0, 0.05) is 11.6 Å². The summed E-state index contributed by atoms with van der Waals surface area (Å²) >= 11 is 7.50. The number of guanidine groups is 1. The maximum absolute atomic E-state index is 5.94. The van der Waals surface area contributed by atoms with E-state index in [-0.39, 0.29) is 0 Å². The number of hydrogen-bond donors (Lipinski definition) is 2. The number of fused-ring (bicyclic) bond motifs is 1. The van der Waals surface area contributed by atoms with Crippen LogP contribution in [0.1, 0.15) is 19.8 Å². The molecule has 1 aromatic rings. The second-order valence-corrected chi connectivity index (χ2v) is 4.84. The van der Waals surface area contributed by atoms with Gasteiger partial charge in [0.1, 0.15) is 0 Å². The van der Waals surface area contributed by atoms with Crippen molar-refractivity contribution in [1.82, 2.24) is 4.72 Å². The molecule has 0 fully saturated rings. The van der Waals surface area contributed by atoms with Gasteiger partial charge in [0.15, 0.2) is 0 Å². The normalized spacial score (nSPS) is 16.5. The molecular weight excluding hydrogens is 242 g/mol. The first-order valence-corrected chi connectivity index (χ1v) is 6.53. The van der Waals surface area contributed by atoms with Gasteiger partial charge in [-0.05, 0) is 36.6 Å². The molecule has 1 aliphatic rings. The average molecular weight is 256 g/mol. The lowest BCUT2D eigenvalue weighted by atomic mass is 10.3. The van der Waals surface area contributed by atoms with Crippen molar-refractivity contribution in [3.05, 3.63) is 23.2 Å². The van der Waals surface area contributed by atoms with E-state index in [0.717, 1.165) is 41.0 Å². The summed E-state index contributed by atoms with van der Waals surface area (Å²) in [5, 5.41) is 3.97. The summed E-state index contributed by atoms with van der Waals surface area (Å²) in [7, 11) is 0. The number of nitrogens with one attached hydrogen (secondary N) is 2. The van der Waals surface area contributed by atoms with Crippen LogP contribution in [0, 0.1) is 0 Å². The van der Waals surface area contributed by atoms with E-state index in [0.29, 0.717) is 0 Å². The molecule has 1 heterocycles. The molecule has 0 amide bonds. The Hall–Kier alpha value is -0.870. The van der Waals surface area contributed by atoms with Crippen LogP contribution in [0.4, 0.5) is 5.69 Å². The van der Waals surface area contributed by atoms with Gasteiger partial charge in [0.05, 0.1) is 10.6 Å². The minimum absolute atomic E-state index is 0.738. The lowest BCUT2D eigenvalue weighted by molar-refractivity contribution is 0.806. The summed E-state index contributed by atoms with van der Waals surface area (Å²) in [5.74, 6) is 0.813. The first-order valence-electron chi connectivity index (χ1n) is 5.33. The fourth-order valence-corrected chi connectivity index (χ4v) is 2.22. The molecule has 0 bridgehead atoms. The molecular formula is C11H14ClN3S.